The van der Waals surface area contributed by atoms with Crippen molar-refractivity contribution in [2.45, 2.75) is 77.5 Å². The van der Waals surface area contributed by atoms with E-state index in [1.54, 1.807) is 0 Å². The topological polar surface area (TPSA) is 48.0 Å². The highest BCUT2D eigenvalue weighted by molar-refractivity contribution is 6.63. The zero-order valence-corrected chi connectivity index (χ0v) is 20.3. The van der Waals surface area contributed by atoms with E-state index in [1.807, 2.05) is 51.7 Å². The average molecular weight is 469 g/mol. The first-order chi connectivity index (χ1) is 16.0. The van der Waals surface area contributed by atoms with Gasteiger partial charge >= 0.3 is 7.12 Å². The number of fused-ring (bicyclic) bond motifs is 1. The Morgan fingerprint density at radius 3 is 2.38 bits per heavy atom. The van der Waals surface area contributed by atoms with Crippen LogP contribution in [0.5, 0.6) is 11.5 Å². The van der Waals surface area contributed by atoms with Crippen LogP contribution in [0.2, 0.25) is 0 Å². The molecule has 2 fully saturated rings. The monoisotopic (exact) mass is 469 g/mol. The van der Waals surface area contributed by atoms with Gasteiger partial charge in [-0.05, 0) is 78.5 Å². The molecule has 1 saturated heterocycles. The molecule has 0 N–H and O–H groups in total. The lowest BCUT2D eigenvalue weighted by Gasteiger charge is -2.37. The summed E-state index contributed by atoms with van der Waals surface area (Å²) in [5.74, 6) is -0.960. The number of hydrogen-bond donors (Lipinski definition) is 0. The van der Waals surface area contributed by atoms with Crippen molar-refractivity contribution in [3.8, 4) is 11.5 Å². The van der Waals surface area contributed by atoms with Crippen molar-refractivity contribution in [2.24, 2.45) is 5.92 Å². The summed E-state index contributed by atoms with van der Waals surface area (Å²) >= 11 is 0. The number of rotatable bonds is 4. The number of carbonyl (C=O) groups excluding carboxylic acids is 1. The van der Waals surface area contributed by atoms with Crippen molar-refractivity contribution in [1.82, 2.24) is 0 Å². The van der Waals surface area contributed by atoms with Gasteiger partial charge in [-0.3, -0.25) is 4.79 Å². The predicted octanol–water partition coefficient (Wildman–Crippen LogP) is 5.13. The fourth-order valence-corrected chi connectivity index (χ4v) is 4.63. The summed E-state index contributed by atoms with van der Waals surface area (Å²) in [6.07, 6.45) is 3.17. The van der Waals surface area contributed by atoms with Crippen LogP contribution >= 0.6 is 0 Å². The maximum absolute atomic E-state index is 14.6. The Bertz CT molecular complexity index is 1130. The van der Waals surface area contributed by atoms with E-state index in [2.05, 4.69) is 0 Å². The standard InChI is InChI=1S/C26H30BF2NO4/c1-15-6-10-18-21(30(15)24(31)16-7-8-16)13-11-19(27-33-25(2,3)26(4,5)34-27)23(18)32-22-14-17(28)9-12-20(22)29/h9,11-16H,6-8,10H2,1-5H3/t15-/m0/s1. The molecule has 0 spiro atoms. The predicted molar refractivity (Wildman–Crippen MR) is 127 cm³/mol. The van der Waals surface area contributed by atoms with Crippen LogP contribution in [0.25, 0.3) is 0 Å². The molecule has 34 heavy (non-hydrogen) atoms. The van der Waals surface area contributed by atoms with Crippen molar-refractivity contribution in [2.75, 3.05) is 4.90 Å². The second-order valence-electron chi connectivity index (χ2n) is 10.6. The number of carbonyl (C=O) groups is 1. The lowest BCUT2D eigenvalue weighted by atomic mass is 9.76. The zero-order chi connectivity index (χ0) is 24.4. The highest BCUT2D eigenvalue weighted by atomic mass is 19.1. The van der Waals surface area contributed by atoms with E-state index in [1.165, 1.54) is 0 Å². The fraction of sp³-hybridized carbons (Fsp3) is 0.500. The highest BCUT2D eigenvalue weighted by Gasteiger charge is 2.53. The molecule has 5 rings (SSSR count). The van der Waals surface area contributed by atoms with Crippen LogP contribution in [0.15, 0.2) is 30.3 Å². The summed E-state index contributed by atoms with van der Waals surface area (Å²) in [6.45, 7) is 9.86. The molecule has 180 valence electrons. The van der Waals surface area contributed by atoms with Gasteiger partial charge in [0.1, 0.15) is 11.6 Å². The maximum Gasteiger partial charge on any atom is 0.498 e. The van der Waals surface area contributed by atoms with E-state index >= 15 is 0 Å². The number of halogens is 2. The zero-order valence-electron chi connectivity index (χ0n) is 20.3. The Hall–Kier alpha value is -2.45. The van der Waals surface area contributed by atoms with Gasteiger partial charge in [-0.15, -0.1) is 0 Å². The molecule has 2 aliphatic heterocycles. The smallest absolute Gasteiger partial charge is 0.454 e. The van der Waals surface area contributed by atoms with Crippen LogP contribution in [0.4, 0.5) is 14.5 Å². The first-order valence-corrected chi connectivity index (χ1v) is 12.0. The second kappa shape index (κ2) is 8.06. The third-order valence-corrected chi connectivity index (χ3v) is 7.56. The van der Waals surface area contributed by atoms with E-state index in [4.69, 9.17) is 14.0 Å². The molecule has 1 saturated carbocycles. The van der Waals surface area contributed by atoms with Crippen LogP contribution in [0.1, 0.15) is 59.4 Å². The van der Waals surface area contributed by atoms with Crippen molar-refractivity contribution >= 4 is 24.2 Å². The van der Waals surface area contributed by atoms with Crippen LogP contribution in [-0.2, 0) is 20.5 Å². The Kier molecular flexibility index (Phi) is 5.52. The molecule has 1 aliphatic carbocycles. The van der Waals surface area contributed by atoms with Crippen molar-refractivity contribution in [3.05, 3.63) is 47.5 Å². The number of anilines is 1. The molecule has 3 aliphatic rings. The molecule has 1 amide bonds. The van der Waals surface area contributed by atoms with Gasteiger partial charge in [0.05, 0.1) is 16.9 Å². The van der Waals surface area contributed by atoms with Crippen LogP contribution in [-0.4, -0.2) is 30.3 Å². The Morgan fingerprint density at radius 2 is 1.74 bits per heavy atom. The van der Waals surface area contributed by atoms with Crippen molar-refractivity contribution < 1.29 is 27.6 Å². The van der Waals surface area contributed by atoms with Crippen molar-refractivity contribution in [3.63, 3.8) is 0 Å². The largest absolute Gasteiger partial charge is 0.498 e. The fourth-order valence-electron chi connectivity index (χ4n) is 4.63. The van der Waals surface area contributed by atoms with E-state index in [-0.39, 0.29) is 23.6 Å². The van der Waals surface area contributed by atoms with Crippen molar-refractivity contribution in [1.29, 1.82) is 0 Å². The molecule has 2 aromatic rings. The van der Waals surface area contributed by atoms with Crippen LogP contribution in [0.3, 0.4) is 0 Å². The number of benzene rings is 2. The third-order valence-electron chi connectivity index (χ3n) is 7.56. The van der Waals surface area contributed by atoms with Crippen LogP contribution in [0, 0.1) is 17.6 Å². The maximum atomic E-state index is 14.6. The lowest BCUT2D eigenvalue weighted by Crippen LogP contribution is -2.44. The molecule has 0 radical (unpaired) electrons. The number of nitrogens with zero attached hydrogens (tertiary/aromatic N) is 1. The highest BCUT2D eigenvalue weighted by Crippen LogP contribution is 2.43. The minimum absolute atomic E-state index is 0.0436. The van der Waals surface area contributed by atoms with Gasteiger partial charge < -0.3 is 18.9 Å². The van der Waals surface area contributed by atoms with E-state index < -0.39 is 30.0 Å². The molecule has 8 heteroatoms. The van der Waals surface area contributed by atoms with E-state index in [0.717, 1.165) is 48.7 Å². The Labute approximate surface area is 199 Å². The summed E-state index contributed by atoms with van der Waals surface area (Å²) in [6, 6.07) is 6.89. The minimum atomic E-state index is -0.756. The quantitative estimate of drug-likeness (QED) is 0.583. The molecular weight excluding hydrogens is 439 g/mol. The Balaban J connectivity index is 1.64. The van der Waals surface area contributed by atoms with Gasteiger partial charge in [0.15, 0.2) is 11.6 Å². The molecule has 2 aromatic carbocycles. The van der Waals surface area contributed by atoms with Gasteiger partial charge in [0, 0.05) is 29.1 Å². The summed E-state index contributed by atoms with van der Waals surface area (Å²) in [5.41, 5.74) is 0.953. The SMILES string of the molecule is C[C@H]1CCc2c(ccc(B3OC(C)(C)C(C)(C)O3)c2Oc2cc(F)ccc2F)N1C(=O)C1CC1. The second-order valence-corrected chi connectivity index (χ2v) is 10.6. The van der Waals surface area contributed by atoms with E-state index in [0.29, 0.717) is 17.6 Å². The van der Waals surface area contributed by atoms with Gasteiger partial charge in [-0.2, -0.15) is 0 Å². The summed E-state index contributed by atoms with van der Waals surface area (Å²) < 4.78 is 47.2. The molecule has 0 unspecified atom stereocenters. The molecular formula is C26H30BF2NO4. The first kappa shape index (κ1) is 23.3. The molecule has 2 heterocycles. The molecule has 1 atom stereocenters. The number of amides is 1. The Morgan fingerprint density at radius 1 is 1.06 bits per heavy atom. The normalized spacial score (nSPS) is 23.1. The molecule has 5 nitrogen and oxygen atoms in total. The lowest BCUT2D eigenvalue weighted by molar-refractivity contribution is -0.120. The minimum Gasteiger partial charge on any atom is -0.454 e. The van der Waals surface area contributed by atoms with Gasteiger partial charge in [-0.1, -0.05) is 6.07 Å². The molecule has 0 bridgehead atoms. The molecule has 0 aromatic heterocycles. The third kappa shape index (κ3) is 3.91. The number of hydrogen-bond acceptors (Lipinski definition) is 4. The van der Waals surface area contributed by atoms with E-state index in [9.17, 15) is 13.6 Å². The first-order valence-electron chi connectivity index (χ1n) is 12.0. The van der Waals surface area contributed by atoms with Crippen LogP contribution < -0.4 is 15.1 Å². The van der Waals surface area contributed by atoms with Gasteiger partial charge in [-0.25, -0.2) is 8.78 Å². The number of ether oxygens (including phenoxy) is 1. The summed E-state index contributed by atoms with van der Waals surface area (Å²) in [5, 5.41) is 0. The average Bonchev–Trinajstić information content (AvgIpc) is 3.57. The summed E-state index contributed by atoms with van der Waals surface area (Å²) in [4.78, 5) is 15.0. The van der Waals surface area contributed by atoms with Gasteiger partial charge in [0.25, 0.3) is 0 Å². The summed E-state index contributed by atoms with van der Waals surface area (Å²) in [7, 11) is -0.756. The van der Waals surface area contributed by atoms with Gasteiger partial charge in [0.2, 0.25) is 5.91 Å².